The van der Waals surface area contributed by atoms with Crippen molar-refractivity contribution in [3.63, 3.8) is 0 Å². The van der Waals surface area contributed by atoms with E-state index in [4.69, 9.17) is 5.11 Å². The Kier molecular flexibility index (Phi) is 5.76. The summed E-state index contributed by atoms with van der Waals surface area (Å²) in [5.41, 5.74) is 0. The fraction of sp³-hybridized carbons (Fsp3) is 0.818. The number of carboxylic acid groups (broad SMARTS) is 1. The van der Waals surface area contributed by atoms with Crippen molar-refractivity contribution in [1.82, 2.24) is 16.0 Å². The molecule has 98 valence electrons. The molecule has 1 atom stereocenters. The molecule has 0 spiro atoms. The molecule has 6 heteroatoms. The number of hydrogen-bond acceptors (Lipinski definition) is 3. The van der Waals surface area contributed by atoms with Crippen LogP contribution in [-0.4, -0.2) is 42.3 Å². The van der Waals surface area contributed by atoms with Gasteiger partial charge in [0.05, 0.1) is 0 Å². The highest BCUT2D eigenvalue weighted by atomic mass is 16.4. The predicted molar refractivity (Wildman–Crippen MR) is 63.9 cm³/mol. The maximum absolute atomic E-state index is 11.3. The Labute approximate surface area is 101 Å². The van der Waals surface area contributed by atoms with Gasteiger partial charge in [0.2, 0.25) is 0 Å². The predicted octanol–water partition coefficient (Wildman–Crippen LogP) is 0.291. The molecule has 1 rings (SSSR count). The molecule has 1 fully saturated rings. The molecule has 0 radical (unpaired) electrons. The number of urea groups is 1. The second-order valence-electron chi connectivity index (χ2n) is 4.28. The van der Waals surface area contributed by atoms with Crippen LogP contribution < -0.4 is 16.0 Å². The number of carbonyl (C=O) groups excluding carboxylic acids is 1. The van der Waals surface area contributed by atoms with Crippen LogP contribution in [0.5, 0.6) is 0 Å². The summed E-state index contributed by atoms with van der Waals surface area (Å²) < 4.78 is 0. The Morgan fingerprint density at radius 1 is 1.35 bits per heavy atom. The second kappa shape index (κ2) is 7.11. The van der Waals surface area contributed by atoms with Crippen molar-refractivity contribution in [2.24, 2.45) is 0 Å². The summed E-state index contributed by atoms with van der Waals surface area (Å²) >= 11 is 0. The lowest BCUT2D eigenvalue weighted by Gasteiger charge is -2.13. The fourth-order valence-corrected chi connectivity index (χ4v) is 1.43. The van der Waals surface area contributed by atoms with Gasteiger partial charge in [0.1, 0.15) is 6.04 Å². The van der Waals surface area contributed by atoms with E-state index in [1.807, 2.05) is 0 Å². The minimum atomic E-state index is -1.00. The van der Waals surface area contributed by atoms with Gasteiger partial charge in [0, 0.05) is 12.6 Å². The first kappa shape index (κ1) is 13.8. The van der Waals surface area contributed by atoms with Gasteiger partial charge >= 0.3 is 12.0 Å². The molecule has 0 aromatic rings. The number of carboxylic acids is 1. The van der Waals surface area contributed by atoms with Gasteiger partial charge in [-0.2, -0.15) is 0 Å². The van der Waals surface area contributed by atoms with E-state index in [2.05, 4.69) is 16.0 Å². The smallest absolute Gasteiger partial charge is 0.326 e. The maximum atomic E-state index is 11.3. The van der Waals surface area contributed by atoms with E-state index in [0.29, 0.717) is 19.0 Å². The van der Waals surface area contributed by atoms with Crippen molar-refractivity contribution in [3.05, 3.63) is 0 Å². The Morgan fingerprint density at radius 3 is 2.59 bits per heavy atom. The van der Waals surface area contributed by atoms with Crippen molar-refractivity contribution in [2.45, 2.75) is 44.7 Å². The number of carbonyl (C=O) groups is 2. The molecule has 4 N–H and O–H groups in total. The lowest BCUT2D eigenvalue weighted by Crippen LogP contribution is -2.46. The van der Waals surface area contributed by atoms with Crippen LogP contribution in [0.1, 0.15) is 32.6 Å². The van der Waals surface area contributed by atoms with E-state index in [0.717, 1.165) is 13.0 Å². The topological polar surface area (TPSA) is 90.5 Å². The molecular weight excluding hydrogens is 222 g/mol. The Hall–Kier alpha value is -1.30. The third-order valence-corrected chi connectivity index (χ3v) is 2.66. The molecule has 0 bridgehead atoms. The van der Waals surface area contributed by atoms with Gasteiger partial charge in [-0.25, -0.2) is 9.59 Å². The summed E-state index contributed by atoms with van der Waals surface area (Å²) in [5, 5.41) is 17.1. The second-order valence-corrected chi connectivity index (χ2v) is 4.28. The third kappa shape index (κ3) is 6.11. The molecule has 1 saturated carbocycles. The third-order valence-electron chi connectivity index (χ3n) is 2.66. The molecule has 6 nitrogen and oxygen atoms in total. The van der Waals surface area contributed by atoms with Gasteiger partial charge in [0.25, 0.3) is 0 Å². The number of aliphatic carboxylic acids is 1. The SMILES string of the molecule is CC[C@H](NC(=O)NCCCNC1CC1)C(=O)O. The first-order valence-corrected chi connectivity index (χ1v) is 6.14. The molecule has 0 aromatic heterocycles. The van der Waals surface area contributed by atoms with E-state index in [1.54, 1.807) is 6.92 Å². The molecular formula is C11H21N3O3. The minimum absolute atomic E-state index is 0.381. The minimum Gasteiger partial charge on any atom is -0.480 e. The van der Waals surface area contributed by atoms with Gasteiger partial charge in [-0.3, -0.25) is 0 Å². The van der Waals surface area contributed by atoms with Gasteiger partial charge in [-0.05, 0) is 32.2 Å². The van der Waals surface area contributed by atoms with Crippen molar-refractivity contribution < 1.29 is 14.7 Å². The molecule has 0 aliphatic heterocycles. The number of rotatable bonds is 8. The first-order valence-electron chi connectivity index (χ1n) is 6.14. The lowest BCUT2D eigenvalue weighted by molar-refractivity contribution is -0.139. The van der Waals surface area contributed by atoms with Gasteiger partial charge in [-0.15, -0.1) is 0 Å². The molecule has 17 heavy (non-hydrogen) atoms. The Bertz CT molecular complexity index is 267. The highest BCUT2D eigenvalue weighted by molar-refractivity contribution is 5.82. The van der Waals surface area contributed by atoms with Crippen LogP contribution in [0.4, 0.5) is 4.79 Å². The number of amides is 2. The van der Waals surface area contributed by atoms with Gasteiger partial charge < -0.3 is 21.1 Å². The Morgan fingerprint density at radius 2 is 2.06 bits per heavy atom. The average Bonchev–Trinajstić information content (AvgIpc) is 3.09. The summed E-state index contributed by atoms with van der Waals surface area (Å²) in [4.78, 5) is 22.0. The highest BCUT2D eigenvalue weighted by Gasteiger charge is 2.19. The van der Waals surface area contributed by atoms with Crippen LogP contribution in [0.15, 0.2) is 0 Å². The number of hydrogen-bond donors (Lipinski definition) is 4. The molecule has 2 amide bonds. The van der Waals surface area contributed by atoms with E-state index < -0.39 is 18.0 Å². The molecule has 0 saturated heterocycles. The van der Waals surface area contributed by atoms with Crippen LogP contribution >= 0.6 is 0 Å². The van der Waals surface area contributed by atoms with Gasteiger partial charge in [0.15, 0.2) is 0 Å². The van der Waals surface area contributed by atoms with Crippen molar-refractivity contribution in [3.8, 4) is 0 Å². The van der Waals surface area contributed by atoms with Crippen LogP contribution in [-0.2, 0) is 4.79 Å². The fourth-order valence-electron chi connectivity index (χ4n) is 1.43. The zero-order chi connectivity index (χ0) is 12.7. The highest BCUT2D eigenvalue weighted by Crippen LogP contribution is 2.18. The van der Waals surface area contributed by atoms with Crippen LogP contribution in [0.3, 0.4) is 0 Å². The van der Waals surface area contributed by atoms with Crippen molar-refractivity contribution in [2.75, 3.05) is 13.1 Å². The molecule has 0 heterocycles. The molecule has 0 unspecified atom stereocenters. The molecule has 1 aliphatic carbocycles. The van der Waals surface area contributed by atoms with E-state index >= 15 is 0 Å². The van der Waals surface area contributed by atoms with E-state index in [-0.39, 0.29) is 0 Å². The summed E-state index contributed by atoms with van der Waals surface area (Å²) in [6, 6.07) is -0.537. The zero-order valence-electron chi connectivity index (χ0n) is 10.2. The van der Waals surface area contributed by atoms with Crippen molar-refractivity contribution >= 4 is 12.0 Å². The lowest BCUT2D eigenvalue weighted by atomic mass is 10.2. The van der Waals surface area contributed by atoms with Gasteiger partial charge in [-0.1, -0.05) is 6.92 Å². The van der Waals surface area contributed by atoms with E-state index in [1.165, 1.54) is 12.8 Å². The van der Waals surface area contributed by atoms with E-state index in [9.17, 15) is 9.59 Å². The molecule has 1 aliphatic rings. The quantitative estimate of drug-likeness (QED) is 0.461. The monoisotopic (exact) mass is 243 g/mol. The van der Waals surface area contributed by atoms with Crippen LogP contribution in [0.2, 0.25) is 0 Å². The normalized spacial score (nSPS) is 16.3. The summed E-state index contributed by atoms with van der Waals surface area (Å²) in [5.74, 6) is -1.00. The standard InChI is InChI=1S/C11H21N3O3/c1-2-9(10(15)16)14-11(17)13-7-3-6-12-8-4-5-8/h8-9,12H,2-7H2,1H3,(H,15,16)(H2,13,14,17)/t9-/m0/s1. The molecule has 0 aromatic carbocycles. The summed E-state index contributed by atoms with van der Waals surface area (Å²) in [7, 11) is 0. The first-order chi connectivity index (χ1) is 8.13. The van der Waals surface area contributed by atoms with Crippen LogP contribution in [0, 0.1) is 0 Å². The Balaban J connectivity index is 2.00. The summed E-state index contributed by atoms with van der Waals surface area (Å²) in [6.07, 6.45) is 3.75. The summed E-state index contributed by atoms with van der Waals surface area (Å²) in [6.45, 7) is 3.17. The van der Waals surface area contributed by atoms with Crippen molar-refractivity contribution in [1.29, 1.82) is 0 Å². The average molecular weight is 243 g/mol. The van der Waals surface area contributed by atoms with Crippen LogP contribution in [0.25, 0.3) is 0 Å². The largest absolute Gasteiger partial charge is 0.480 e. The number of nitrogens with one attached hydrogen (secondary N) is 3. The zero-order valence-corrected chi connectivity index (χ0v) is 10.2. The maximum Gasteiger partial charge on any atom is 0.326 e.